The molecule has 0 bridgehead atoms. The van der Waals surface area contributed by atoms with E-state index in [1.165, 1.54) is 5.56 Å². The Morgan fingerprint density at radius 1 is 0.889 bits per heavy atom. The van der Waals surface area contributed by atoms with Gasteiger partial charge in [0.25, 0.3) is 0 Å². The molecular weight excluding hydrogens is 218 g/mol. The molecule has 0 unspecified atom stereocenters. The molecule has 1 heteroatoms. The third-order valence-corrected chi connectivity index (χ3v) is 2.76. The van der Waals surface area contributed by atoms with Crippen LogP contribution in [0.1, 0.15) is 37.5 Å². The second kappa shape index (κ2) is 5.06. The molecule has 0 saturated carbocycles. The van der Waals surface area contributed by atoms with Crippen molar-refractivity contribution in [2.24, 2.45) is 0 Å². The molecule has 0 fully saturated rings. The van der Waals surface area contributed by atoms with Gasteiger partial charge in [0, 0.05) is 23.5 Å². The second-order valence-electron chi connectivity index (χ2n) is 5.32. The summed E-state index contributed by atoms with van der Waals surface area (Å²) in [6.07, 6.45) is 3.53. The maximum Gasteiger partial charge on any atom is 0.0432 e. The quantitative estimate of drug-likeness (QED) is 0.633. The zero-order chi connectivity index (χ0) is 13.0. The van der Waals surface area contributed by atoms with E-state index in [4.69, 9.17) is 0 Å². The van der Waals surface area contributed by atoms with Crippen molar-refractivity contribution < 1.29 is 0 Å². The predicted octanol–water partition coefficient (Wildman–Crippen LogP) is 3.78. The summed E-state index contributed by atoms with van der Waals surface area (Å²) in [6, 6.07) is 12.3. The molecular formula is C17H17N. The number of nitrogens with zero attached hydrogens (tertiary/aromatic N) is 1. The maximum atomic E-state index is 4.04. The number of aromatic nitrogens is 1. The fourth-order valence-electron chi connectivity index (χ4n) is 1.63. The number of rotatable bonds is 0. The maximum absolute atomic E-state index is 4.04. The van der Waals surface area contributed by atoms with E-state index in [2.05, 4.69) is 61.9 Å². The zero-order valence-electron chi connectivity index (χ0n) is 11.1. The lowest BCUT2D eigenvalue weighted by Gasteiger charge is -2.18. The van der Waals surface area contributed by atoms with E-state index in [0.29, 0.717) is 0 Å². The summed E-state index contributed by atoms with van der Waals surface area (Å²) >= 11 is 0. The number of hydrogen-bond acceptors (Lipinski definition) is 1. The largest absolute Gasteiger partial charge is 0.263 e. The van der Waals surface area contributed by atoms with Crippen LogP contribution in [0.5, 0.6) is 0 Å². The van der Waals surface area contributed by atoms with E-state index in [1.807, 2.05) is 12.1 Å². The summed E-state index contributed by atoms with van der Waals surface area (Å²) in [5, 5.41) is 0. The monoisotopic (exact) mass is 235 g/mol. The molecule has 2 aromatic rings. The smallest absolute Gasteiger partial charge is 0.0432 e. The number of hydrogen-bond donors (Lipinski definition) is 0. The van der Waals surface area contributed by atoms with Gasteiger partial charge in [-0.05, 0) is 35.2 Å². The summed E-state index contributed by atoms with van der Waals surface area (Å²) in [5.74, 6) is 6.26. The minimum absolute atomic E-state index is 0.190. The van der Waals surface area contributed by atoms with E-state index in [-0.39, 0.29) is 5.41 Å². The van der Waals surface area contributed by atoms with Gasteiger partial charge in [0.05, 0.1) is 0 Å². The molecule has 1 aromatic carbocycles. The van der Waals surface area contributed by atoms with E-state index >= 15 is 0 Å². The Labute approximate surface area is 109 Å². The first-order valence-corrected chi connectivity index (χ1v) is 6.08. The van der Waals surface area contributed by atoms with Crippen LogP contribution in [0.3, 0.4) is 0 Å². The molecule has 90 valence electrons. The number of benzene rings is 1. The van der Waals surface area contributed by atoms with Crippen molar-refractivity contribution in [2.75, 3.05) is 0 Å². The topological polar surface area (TPSA) is 12.9 Å². The minimum Gasteiger partial charge on any atom is -0.263 e. The van der Waals surface area contributed by atoms with Gasteiger partial charge in [-0.3, -0.25) is 4.98 Å². The summed E-state index contributed by atoms with van der Waals surface area (Å²) in [6.45, 7) is 6.63. The molecule has 0 N–H and O–H groups in total. The van der Waals surface area contributed by atoms with Crippen LogP contribution >= 0.6 is 0 Å². The van der Waals surface area contributed by atoms with Crippen molar-refractivity contribution in [3.63, 3.8) is 0 Å². The molecule has 0 aliphatic carbocycles. The SMILES string of the molecule is CC(C)(C)c1ccc(C#Cc2cccnc2)cc1. The summed E-state index contributed by atoms with van der Waals surface area (Å²) < 4.78 is 0. The normalized spacial score (nSPS) is 10.6. The van der Waals surface area contributed by atoms with Gasteiger partial charge in [0.1, 0.15) is 0 Å². The Morgan fingerprint density at radius 2 is 1.56 bits per heavy atom. The molecule has 1 nitrogen and oxygen atoms in total. The Bertz CT molecular complexity index is 563. The standard InChI is InChI=1S/C17H17N/c1-17(2,3)16-10-8-14(9-11-16)6-7-15-5-4-12-18-13-15/h4-5,8-13H,1-3H3. The molecule has 18 heavy (non-hydrogen) atoms. The lowest BCUT2D eigenvalue weighted by Crippen LogP contribution is -2.10. The highest BCUT2D eigenvalue weighted by molar-refractivity contribution is 5.43. The fourth-order valence-corrected chi connectivity index (χ4v) is 1.63. The average Bonchev–Trinajstić information content (AvgIpc) is 2.37. The molecule has 1 aromatic heterocycles. The molecule has 0 aliphatic heterocycles. The van der Waals surface area contributed by atoms with Crippen molar-refractivity contribution in [1.82, 2.24) is 4.98 Å². The van der Waals surface area contributed by atoms with Gasteiger partial charge in [-0.25, -0.2) is 0 Å². The number of pyridine rings is 1. The van der Waals surface area contributed by atoms with Gasteiger partial charge in [0.15, 0.2) is 0 Å². The Kier molecular flexibility index (Phi) is 3.48. The van der Waals surface area contributed by atoms with Gasteiger partial charge in [-0.15, -0.1) is 0 Å². The first-order chi connectivity index (χ1) is 8.55. The van der Waals surface area contributed by atoms with Crippen molar-refractivity contribution in [3.05, 3.63) is 65.5 Å². The van der Waals surface area contributed by atoms with Gasteiger partial charge >= 0.3 is 0 Å². The van der Waals surface area contributed by atoms with Crippen LogP contribution in [0.15, 0.2) is 48.8 Å². The molecule has 0 atom stereocenters. The predicted molar refractivity (Wildman–Crippen MR) is 75.4 cm³/mol. The minimum atomic E-state index is 0.190. The van der Waals surface area contributed by atoms with Crippen molar-refractivity contribution in [2.45, 2.75) is 26.2 Å². The van der Waals surface area contributed by atoms with Gasteiger partial charge < -0.3 is 0 Å². The van der Waals surface area contributed by atoms with Crippen molar-refractivity contribution in [1.29, 1.82) is 0 Å². The van der Waals surface area contributed by atoms with Gasteiger partial charge in [-0.2, -0.15) is 0 Å². The van der Waals surface area contributed by atoms with Gasteiger partial charge in [0.2, 0.25) is 0 Å². The van der Waals surface area contributed by atoms with Gasteiger partial charge in [-0.1, -0.05) is 44.7 Å². The molecule has 2 rings (SSSR count). The Hall–Kier alpha value is -2.07. The molecule has 0 amide bonds. The van der Waals surface area contributed by atoms with Crippen LogP contribution in [-0.2, 0) is 5.41 Å². The Morgan fingerprint density at radius 3 is 2.11 bits per heavy atom. The Balaban J connectivity index is 2.20. The van der Waals surface area contributed by atoms with E-state index in [9.17, 15) is 0 Å². The van der Waals surface area contributed by atoms with Crippen LogP contribution in [-0.4, -0.2) is 4.98 Å². The summed E-state index contributed by atoms with van der Waals surface area (Å²) in [7, 11) is 0. The third-order valence-electron chi connectivity index (χ3n) is 2.76. The lowest BCUT2D eigenvalue weighted by molar-refractivity contribution is 0.590. The van der Waals surface area contributed by atoms with Crippen molar-refractivity contribution in [3.8, 4) is 11.8 Å². The van der Waals surface area contributed by atoms with Crippen LogP contribution in [0.25, 0.3) is 0 Å². The molecule has 0 aliphatic rings. The lowest BCUT2D eigenvalue weighted by atomic mass is 9.87. The highest BCUT2D eigenvalue weighted by Crippen LogP contribution is 2.21. The van der Waals surface area contributed by atoms with E-state index < -0.39 is 0 Å². The molecule has 0 radical (unpaired) electrons. The second-order valence-corrected chi connectivity index (χ2v) is 5.32. The first-order valence-electron chi connectivity index (χ1n) is 6.08. The highest BCUT2D eigenvalue weighted by atomic mass is 14.6. The first kappa shape index (κ1) is 12.4. The average molecular weight is 235 g/mol. The van der Waals surface area contributed by atoms with Crippen LogP contribution in [0.2, 0.25) is 0 Å². The van der Waals surface area contributed by atoms with Crippen molar-refractivity contribution >= 4 is 0 Å². The summed E-state index contributed by atoms with van der Waals surface area (Å²) in [4.78, 5) is 4.04. The summed E-state index contributed by atoms with van der Waals surface area (Å²) in [5.41, 5.74) is 3.49. The fraction of sp³-hybridized carbons (Fsp3) is 0.235. The zero-order valence-corrected chi connectivity index (χ0v) is 11.1. The van der Waals surface area contributed by atoms with E-state index in [0.717, 1.165) is 11.1 Å². The van der Waals surface area contributed by atoms with E-state index in [1.54, 1.807) is 12.4 Å². The van der Waals surface area contributed by atoms with Crippen LogP contribution < -0.4 is 0 Å². The molecule has 1 heterocycles. The third kappa shape index (κ3) is 3.21. The molecule has 0 saturated heterocycles. The molecule has 0 spiro atoms. The highest BCUT2D eigenvalue weighted by Gasteiger charge is 2.12. The van der Waals surface area contributed by atoms with Crippen LogP contribution in [0, 0.1) is 11.8 Å². The van der Waals surface area contributed by atoms with Crippen LogP contribution in [0.4, 0.5) is 0 Å².